The third-order valence-electron chi connectivity index (χ3n) is 5.87. The number of rotatable bonds is 4. The molecule has 2 unspecified atom stereocenters. The fourth-order valence-corrected chi connectivity index (χ4v) is 4.05. The number of para-hydroxylation sites is 1. The first-order chi connectivity index (χ1) is 13.0. The summed E-state index contributed by atoms with van der Waals surface area (Å²) in [5, 5.41) is 10.2. The van der Waals surface area contributed by atoms with E-state index < -0.39 is 17.8 Å². The number of aromatic nitrogens is 1. The fourth-order valence-electron chi connectivity index (χ4n) is 4.05. The highest BCUT2D eigenvalue weighted by atomic mass is 16.4. The van der Waals surface area contributed by atoms with E-state index in [2.05, 4.69) is 4.98 Å². The Morgan fingerprint density at radius 3 is 2.33 bits per heavy atom. The van der Waals surface area contributed by atoms with Crippen LogP contribution in [0.15, 0.2) is 30.5 Å². The molecule has 1 aliphatic heterocycles. The molecule has 0 radical (unpaired) electrons. The van der Waals surface area contributed by atoms with Gasteiger partial charge in [0.15, 0.2) is 0 Å². The van der Waals surface area contributed by atoms with Crippen molar-refractivity contribution in [3.05, 3.63) is 36.0 Å². The molecule has 7 nitrogen and oxygen atoms in total. The Labute approximate surface area is 156 Å². The van der Waals surface area contributed by atoms with Crippen molar-refractivity contribution in [2.75, 3.05) is 26.2 Å². The third-order valence-corrected chi connectivity index (χ3v) is 5.87. The van der Waals surface area contributed by atoms with Gasteiger partial charge in [0.25, 0.3) is 0 Å². The first-order valence-electron chi connectivity index (χ1n) is 9.39. The average molecular weight is 369 g/mol. The summed E-state index contributed by atoms with van der Waals surface area (Å²) in [5.74, 6) is -1.83. The van der Waals surface area contributed by atoms with Crippen LogP contribution in [-0.4, -0.2) is 63.9 Å². The second kappa shape index (κ2) is 7.06. The minimum absolute atomic E-state index is 0.0545. The molecule has 1 aromatic carbocycles. The molecule has 27 heavy (non-hydrogen) atoms. The van der Waals surface area contributed by atoms with Gasteiger partial charge in [-0.3, -0.25) is 14.4 Å². The Morgan fingerprint density at radius 1 is 1.00 bits per heavy atom. The molecule has 2 N–H and O–H groups in total. The maximum absolute atomic E-state index is 12.7. The van der Waals surface area contributed by atoms with Crippen LogP contribution < -0.4 is 0 Å². The number of hydrogen-bond donors (Lipinski definition) is 2. The number of amides is 2. The van der Waals surface area contributed by atoms with Crippen molar-refractivity contribution in [3.8, 4) is 0 Å². The van der Waals surface area contributed by atoms with Gasteiger partial charge in [-0.25, -0.2) is 0 Å². The van der Waals surface area contributed by atoms with Gasteiger partial charge in [-0.15, -0.1) is 0 Å². The molecule has 4 rings (SSSR count). The highest BCUT2D eigenvalue weighted by Crippen LogP contribution is 2.36. The van der Waals surface area contributed by atoms with Gasteiger partial charge in [0.2, 0.25) is 11.8 Å². The van der Waals surface area contributed by atoms with Crippen molar-refractivity contribution in [1.82, 2.24) is 14.8 Å². The molecule has 2 aromatic rings. The molecule has 2 atom stereocenters. The summed E-state index contributed by atoms with van der Waals surface area (Å²) >= 11 is 0. The Morgan fingerprint density at radius 2 is 1.67 bits per heavy atom. The molecule has 1 saturated carbocycles. The van der Waals surface area contributed by atoms with E-state index >= 15 is 0 Å². The maximum atomic E-state index is 12.7. The predicted octanol–water partition coefficient (Wildman–Crippen LogP) is 1.49. The number of carboxylic acids is 1. The molecule has 0 bridgehead atoms. The van der Waals surface area contributed by atoms with Crippen LogP contribution in [-0.2, 0) is 20.8 Å². The Bertz CT molecular complexity index is 882. The number of carbonyl (C=O) groups excluding carboxylic acids is 2. The quantitative estimate of drug-likeness (QED) is 0.854. The van der Waals surface area contributed by atoms with Crippen molar-refractivity contribution in [2.45, 2.75) is 19.3 Å². The van der Waals surface area contributed by atoms with E-state index in [1.807, 2.05) is 30.5 Å². The van der Waals surface area contributed by atoms with Gasteiger partial charge < -0.3 is 19.9 Å². The second-order valence-corrected chi connectivity index (χ2v) is 7.37. The van der Waals surface area contributed by atoms with E-state index in [1.54, 1.807) is 9.80 Å². The lowest BCUT2D eigenvalue weighted by atomic mass is 9.73. The number of piperazine rings is 1. The lowest BCUT2D eigenvalue weighted by Crippen LogP contribution is -2.54. The summed E-state index contributed by atoms with van der Waals surface area (Å²) in [6.45, 7) is 1.94. The highest BCUT2D eigenvalue weighted by Gasteiger charge is 2.43. The molecular weight excluding hydrogens is 346 g/mol. The van der Waals surface area contributed by atoms with Crippen molar-refractivity contribution in [2.24, 2.45) is 11.8 Å². The topological polar surface area (TPSA) is 93.7 Å². The molecule has 2 heterocycles. The van der Waals surface area contributed by atoms with Crippen LogP contribution >= 0.6 is 0 Å². The normalized spacial score (nSPS) is 22.5. The number of H-pyrrole nitrogens is 1. The van der Waals surface area contributed by atoms with Crippen molar-refractivity contribution < 1.29 is 19.5 Å². The average Bonchev–Trinajstić information content (AvgIpc) is 3.03. The number of aromatic amines is 1. The van der Waals surface area contributed by atoms with Gasteiger partial charge in [0.05, 0.1) is 18.3 Å². The number of nitrogens with one attached hydrogen (secondary N) is 1. The summed E-state index contributed by atoms with van der Waals surface area (Å²) in [7, 11) is 0. The molecule has 2 amide bonds. The van der Waals surface area contributed by atoms with Crippen LogP contribution in [0, 0.1) is 11.8 Å². The summed E-state index contributed by atoms with van der Waals surface area (Å²) in [6.07, 6.45) is 3.44. The van der Waals surface area contributed by atoms with E-state index in [4.69, 9.17) is 5.11 Å². The largest absolute Gasteiger partial charge is 0.481 e. The summed E-state index contributed by atoms with van der Waals surface area (Å²) in [6, 6.07) is 7.90. The zero-order valence-electron chi connectivity index (χ0n) is 15.1. The summed E-state index contributed by atoms with van der Waals surface area (Å²) < 4.78 is 0. The van der Waals surface area contributed by atoms with Gasteiger partial charge in [0, 0.05) is 43.3 Å². The van der Waals surface area contributed by atoms with Crippen LogP contribution in [0.3, 0.4) is 0 Å². The van der Waals surface area contributed by atoms with Gasteiger partial charge in [-0.2, -0.15) is 0 Å². The fraction of sp³-hybridized carbons (Fsp3) is 0.450. The standard InChI is InChI=1S/C20H23N3O4/c24-18(11-13-12-21-17-4-2-1-3-14(13)17)22-7-9-23(10-8-22)19(25)15-5-6-16(15)20(26)27/h1-4,12,15-16,21H,5-11H2,(H,26,27). The minimum Gasteiger partial charge on any atom is -0.481 e. The molecule has 2 fully saturated rings. The molecule has 2 aliphatic rings. The number of fused-ring (bicyclic) bond motifs is 1. The van der Waals surface area contributed by atoms with Gasteiger partial charge in [-0.05, 0) is 24.5 Å². The number of nitrogens with zero attached hydrogens (tertiary/aromatic N) is 2. The Kier molecular flexibility index (Phi) is 4.59. The molecule has 142 valence electrons. The van der Waals surface area contributed by atoms with Crippen LogP contribution in [0.4, 0.5) is 0 Å². The monoisotopic (exact) mass is 369 g/mol. The summed E-state index contributed by atoms with van der Waals surface area (Å²) in [5.41, 5.74) is 2.00. The van der Waals surface area contributed by atoms with Crippen LogP contribution in [0.5, 0.6) is 0 Å². The molecule has 1 aromatic heterocycles. The van der Waals surface area contributed by atoms with Gasteiger partial charge in [0.1, 0.15) is 0 Å². The van der Waals surface area contributed by atoms with E-state index in [1.165, 1.54) is 0 Å². The zero-order chi connectivity index (χ0) is 19.0. The van der Waals surface area contributed by atoms with E-state index in [0.29, 0.717) is 45.4 Å². The first-order valence-corrected chi connectivity index (χ1v) is 9.39. The molecule has 0 spiro atoms. The van der Waals surface area contributed by atoms with Gasteiger partial charge >= 0.3 is 5.97 Å². The number of benzene rings is 1. The molecule has 7 heteroatoms. The van der Waals surface area contributed by atoms with E-state index in [0.717, 1.165) is 16.5 Å². The van der Waals surface area contributed by atoms with Crippen LogP contribution in [0.25, 0.3) is 10.9 Å². The van der Waals surface area contributed by atoms with Crippen molar-refractivity contribution in [3.63, 3.8) is 0 Å². The lowest BCUT2D eigenvalue weighted by Gasteiger charge is -2.40. The SMILES string of the molecule is O=C(O)C1CCC1C(=O)N1CCN(C(=O)Cc2c[nH]c3ccccc23)CC1. The van der Waals surface area contributed by atoms with Crippen LogP contribution in [0.2, 0.25) is 0 Å². The van der Waals surface area contributed by atoms with Crippen molar-refractivity contribution in [1.29, 1.82) is 0 Å². The lowest BCUT2D eigenvalue weighted by molar-refractivity contribution is -0.157. The minimum atomic E-state index is -0.882. The first kappa shape index (κ1) is 17.6. The maximum Gasteiger partial charge on any atom is 0.307 e. The molecular formula is C20H23N3O4. The number of carbonyl (C=O) groups is 3. The molecule has 1 aliphatic carbocycles. The van der Waals surface area contributed by atoms with Gasteiger partial charge in [-0.1, -0.05) is 18.2 Å². The molecule has 1 saturated heterocycles. The Balaban J connectivity index is 1.33. The predicted molar refractivity (Wildman–Crippen MR) is 99.0 cm³/mol. The second-order valence-electron chi connectivity index (χ2n) is 7.37. The van der Waals surface area contributed by atoms with Crippen LogP contribution in [0.1, 0.15) is 18.4 Å². The summed E-state index contributed by atoms with van der Waals surface area (Å²) in [4.78, 5) is 43.0. The zero-order valence-corrected chi connectivity index (χ0v) is 15.1. The van der Waals surface area contributed by atoms with E-state index in [9.17, 15) is 14.4 Å². The number of carboxylic acid groups (broad SMARTS) is 1. The van der Waals surface area contributed by atoms with E-state index in [-0.39, 0.29) is 11.8 Å². The number of aliphatic carboxylic acids is 1. The smallest absolute Gasteiger partial charge is 0.307 e. The number of hydrogen-bond acceptors (Lipinski definition) is 3. The highest BCUT2D eigenvalue weighted by molar-refractivity contribution is 5.89. The van der Waals surface area contributed by atoms with Crippen molar-refractivity contribution >= 4 is 28.7 Å². The Hall–Kier alpha value is -2.83. The third kappa shape index (κ3) is 3.29.